The third-order valence-electron chi connectivity index (χ3n) is 4.06. The molecular formula is C16H19N3O5S. The average molecular weight is 365 g/mol. The molecule has 9 heteroatoms. The average Bonchev–Trinajstić information content (AvgIpc) is 3.04. The van der Waals surface area contributed by atoms with E-state index in [4.69, 9.17) is 9.47 Å². The van der Waals surface area contributed by atoms with Crippen LogP contribution >= 0.6 is 0 Å². The highest BCUT2D eigenvalue weighted by molar-refractivity contribution is 7.88. The van der Waals surface area contributed by atoms with Crippen molar-refractivity contribution in [3.05, 3.63) is 35.5 Å². The number of amides is 1. The number of rotatable bonds is 4. The fourth-order valence-electron chi connectivity index (χ4n) is 2.36. The molecule has 134 valence electrons. The van der Waals surface area contributed by atoms with Crippen LogP contribution in [0.25, 0.3) is 0 Å². The predicted octanol–water partition coefficient (Wildman–Crippen LogP) is 1.19. The van der Waals surface area contributed by atoms with Crippen LogP contribution in [0.1, 0.15) is 25.8 Å². The largest absolute Gasteiger partial charge is 0.454 e. The second-order valence-corrected chi connectivity index (χ2v) is 7.43. The number of carbonyl (C=O) groups excluding carboxylic acids is 1. The van der Waals surface area contributed by atoms with Crippen molar-refractivity contribution in [1.29, 1.82) is 0 Å². The zero-order valence-electron chi connectivity index (χ0n) is 14.1. The molecule has 2 heterocycles. The summed E-state index contributed by atoms with van der Waals surface area (Å²) in [6.45, 7) is 3.90. The number of carbonyl (C=O) groups is 1. The fraction of sp³-hybridized carbons (Fsp3) is 0.375. The Balaban J connectivity index is 1.99. The van der Waals surface area contributed by atoms with Gasteiger partial charge in [0.1, 0.15) is 5.70 Å². The number of allylic oxidation sites excluding steroid dienone is 1. The molecule has 2 aliphatic heterocycles. The van der Waals surface area contributed by atoms with Gasteiger partial charge in [-0.05, 0) is 37.6 Å². The molecule has 1 aromatic rings. The molecule has 1 N–H and O–H groups in total. The van der Waals surface area contributed by atoms with Crippen LogP contribution in [-0.2, 0) is 15.0 Å². The summed E-state index contributed by atoms with van der Waals surface area (Å²) in [5.41, 5.74) is 0.712. The standard InChI is InChI=1S/C16H19N3O5S/c1-4-10(2)17-16(20)13-8-12(18-25(21,22)19(13)3)11-5-6-14-15(7-11)24-9-23-14/h5-8,10H,4,9H2,1-3H3,(H,17,20)/t10-/m1/s1. The lowest BCUT2D eigenvalue weighted by atomic mass is 10.1. The van der Waals surface area contributed by atoms with Crippen LogP contribution in [0, 0.1) is 0 Å². The summed E-state index contributed by atoms with van der Waals surface area (Å²) in [7, 11) is -2.69. The monoisotopic (exact) mass is 365 g/mol. The zero-order valence-corrected chi connectivity index (χ0v) is 15.0. The molecule has 0 aliphatic carbocycles. The molecule has 0 bridgehead atoms. The van der Waals surface area contributed by atoms with Crippen molar-refractivity contribution < 1.29 is 22.7 Å². The van der Waals surface area contributed by atoms with E-state index in [2.05, 4.69) is 9.71 Å². The summed E-state index contributed by atoms with van der Waals surface area (Å²) < 4.78 is 39.9. The van der Waals surface area contributed by atoms with E-state index in [-0.39, 0.29) is 24.2 Å². The van der Waals surface area contributed by atoms with E-state index in [0.717, 1.165) is 10.7 Å². The normalized spacial score (nSPS) is 19.1. The molecule has 2 aliphatic rings. The summed E-state index contributed by atoms with van der Waals surface area (Å²) in [5, 5.41) is 2.77. The van der Waals surface area contributed by atoms with E-state index in [0.29, 0.717) is 17.1 Å². The number of ether oxygens (including phenoxy) is 2. The fourth-order valence-corrected chi connectivity index (χ4v) is 3.27. The SMILES string of the molecule is CC[C@@H](C)NC(=O)C1=CC(c2ccc3c(c2)OCO3)=NS(=O)(=O)N1C. The van der Waals surface area contributed by atoms with Crippen molar-refractivity contribution >= 4 is 21.8 Å². The predicted molar refractivity (Wildman–Crippen MR) is 91.8 cm³/mol. The molecule has 1 atom stereocenters. The number of fused-ring (bicyclic) bond motifs is 1. The minimum absolute atomic E-state index is 0.0166. The Labute approximate surface area is 146 Å². The van der Waals surface area contributed by atoms with Crippen LogP contribution < -0.4 is 14.8 Å². The maximum atomic E-state index is 12.4. The van der Waals surface area contributed by atoms with E-state index >= 15 is 0 Å². The molecule has 1 amide bonds. The quantitative estimate of drug-likeness (QED) is 0.864. The number of likely N-dealkylation sites (N-methyl/N-ethyl adjacent to an activating group) is 1. The highest BCUT2D eigenvalue weighted by Crippen LogP contribution is 2.33. The van der Waals surface area contributed by atoms with Crippen LogP contribution in [0.4, 0.5) is 0 Å². The smallest absolute Gasteiger partial charge is 0.345 e. The van der Waals surface area contributed by atoms with Crippen molar-refractivity contribution in [2.24, 2.45) is 4.40 Å². The van der Waals surface area contributed by atoms with E-state index in [1.165, 1.54) is 13.1 Å². The van der Waals surface area contributed by atoms with Gasteiger partial charge in [0.2, 0.25) is 6.79 Å². The number of hydrogen-bond donors (Lipinski definition) is 1. The summed E-state index contributed by atoms with van der Waals surface area (Å²) in [6.07, 6.45) is 2.19. The van der Waals surface area contributed by atoms with Gasteiger partial charge in [-0.25, -0.2) is 4.31 Å². The van der Waals surface area contributed by atoms with Gasteiger partial charge in [-0.1, -0.05) is 6.92 Å². The minimum atomic E-state index is -3.99. The molecule has 25 heavy (non-hydrogen) atoms. The van der Waals surface area contributed by atoms with Gasteiger partial charge < -0.3 is 14.8 Å². The van der Waals surface area contributed by atoms with Crippen molar-refractivity contribution in [2.45, 2.75) is 26.3 Å². The first-order valence-corrected chi connectivity index (χ1v) is 9.23. The van der Waals surface area contributed by atoms with Gasteiger partial charge in [-0.2, -0.15) is 8.42 Å². The molecular weight excluding hydrogens is 346 g/mol. The number of nitrogens with one attached hydrogen (secondary N) is 1. The van der Waals surface area contributed by atoms with Gasteiger partial charge in [0.05, 0.1) is 5.71 Å². The Kier molecular flexibility index (Phi) is 4.42. The molecule has 0 radical (unpaired) electrons. The Morgan fingerprint density at radius 2 is 2.08 bits per heavy atom. The van der Waals surface area contributed by atoms with E-state index < -0.39 is 16.1 Å². The lowest BCUT2D eigenvalue weighted by molar-refractivity contribution is -0.119. The van der Waals surface area contributed by atoms with Crippen molar-refractivity contribution in [2.75, 3.05) is 13.8 Å². The zero-order chi connectivity index (χ0) is 18.2. The lowest BCUT2D eigenvalue weighted by Crippen LogP contribution is -2.41. The second-order valence-electron chi connectivity index (χ2n) is 5.80. The summed E-state index contributed by atoms with van der Waals surface area (Å²) >= 11 is 0. The van der Waals surface area contributed by atoms with Gasteiger partial charge in [-0.15, -0.1) is 4.40 Å². The number of hydrogen-bond acceptors (Lipinski definition) is 5. The van der Waals surface area contributed by atoms with Gasteiger partial charge in [0.15, 0.2) is 11.5 Å². The molecule has 0 unspecified atom stereocenters. The first-order valence-electron chi connectivity index (χ1n) is 7.83. The van der Waals surface area contributed by atoms with E-state index in [1.54, 1.807) is 18.2 Å². The van der Waals surface area contributed by atoms with Crippen molar-refractivity contribution in [3.8, 4) is 11.5 Å². The molecule has 3 rings (SSSR count). The van der Waals surface area contributed by atoms with Crippen molar-refractivity contribution in [3.63, 3.8) is 0 Å². The Bertz CT molecular complexity index is 876. The van der Waals surface area contributed by atoms with Crippen LogP contribution in [0.5, 0.6) is 11.5 Å². The van der Waals surface area contributed by atoms with Crippen LogP contribution in [-0.4, -0.2) is 44.2 Å². The maximum Gasteiger partial charge on any atom is 0.345 e. The molecule has 8 nitrogen and oxygen atoms in total. The highest BCUT2D eigenvalue weighted by Gasteiger charge is 2.30. The Morgan fingerprint density at radius 3 is 2.80 bits per heavy atom. The summed E-state index contributed by atoms with van der Waals surface area (Å²) in [5.74, 6) is 0.628. The summed E-state index contributed by atoms with van der Waals surface area (Å²) in [4.78, 5) is 12.4. The van der Waals surface area contributed by atoms with Crippen LogP contribution in [0.3, 0.4) is 0 Å². The molecule has 1 aromatic carbocycles. The van der Waals surface area contributed by atoms with Gasteiger partial charge >= 0.3 is 10.2 Å². The van der Waals surface area contributed by atoms with Gasteiger partial charge in [-0.3, -0.25) is 4.79 Å². The summed E-state index contributed by atoms with van der Waals surface area (Å²) in [6, 6.07) is 4.92. The van der Waals surface area contributed by atoms with E-state index in [1.807, 2.05) is 13.8 Å². The van der Waals surface area contributed by atoms with Crippen molar-refractivity contribution in [1.82, 2.24) is 9.62 Å². The second kappa shape index (κ2) is 6.40. The number of nitrogens with zero attached hydrogens (tertiary/aromatic N) is 2. The Hall–Kier alpha value is -2.55. The highest BCUT2D eigenvalue weighted by atomic mass is 32.2. The molecule has 0 saturated carbocycles. The van der Waals surface area contributed by atoms with Gasteiger partial charge in [0, 0.05) is 18.7 Å². The molecule has 0 spiro atoms. The topological polar surface area (TPSA) is 97.3 Å². The number of benzene rings is 1. The lowest BCUT2D eigenvalue weighted by Gasteiger charge is -2.24. The Morgan fingerprint density at radius 1 is 1.36 bits per heavy atom. The van der Waals surface area contributed by atoms with E-state index in [9.17, 15) is 13.2 Å². The van der Waals surface area contributed by atoms with Gasteiger partial charge in [0.25, 0.3) is 5.91 Å². The van der Waals surface area contributed by atoms with Crippen LogP contribution in [0.15, 0.2) is 34.4 Å². The third kappa shape index (κ3) is 3.32. The molecule has 0 aromatic heterocycles. The molecule has 0 fully saturated rings. The maximum absolute atomic E-state index is 12.4. The first kappa shape index (κ1) is 17.3. The minimum Gasteiger partial charge on any atom is -0.454 e. The first-order chi connectivity index (χ1) is 11.8. The third-order valence-corrected chi connectivity index (χ3v) is 5.38. The van der Waals surface area contributed by atoms with Crippen LogP contribution in [0.2, 0.25) is 0 Å². The molecule has 0 saturated heterocycles.